The van der Waals surface area contributed by atoms with Crippen molar-refractivity contribution in [3.05, 3.63) is 0 Å². The summed E-state index contributed by atoms with van der Waals surface area (Å²) < 4.78 is 5.29. The minimum atomic E-state index is 0. The zero-order valence-electron chi connectivity index (χ0n) is 8.64. The summed E-state index contributed by atoms with van der Waals surface area (Å²) in [7, 11) is 1.99. The Morgan fingerprint density at radius 3 is 2.33 bits per heavy atom. The van der Waals surface area contributed by atoms with E-state index in [1.807, 2.05) is 14.0 Å². The molecule has 0 heterocycles. The van der Waals surface area contributed by atoms with Crippen LogP contribution in [0.25, 0.3) is 0 Å². The van der Waals surface area contributed by atoms with Crippen LogP contribution in [0.4, 0.5) is 0 Å². The van der Waals surface area contributed by atoms with Gasteiger partial charge in [0.2, 0.25) is 0 Å². The zero-order valence-corrected chi connectivity index (χ0v) is 9.46. The van der Waals surface area contributed by atoms with Crippen molar-refractivity contribution in [3.8, 4) is 0 Å². The van der Waals surface area contributed by atoms with Gasteiger partial charge in [-0.2, -0.15) is 0 Å². The van der Waals surface area contributed by atoms with Gasteiger partial charge in [-0.25, -0.2) is 0 Å². The van der Waals surface area contributed by atoms with Crippen LogP contribution in [-0.2, 0) is 4.74 Å². The van der Waals surface area contributed by atoms with Gasteiger partial charge in [-0.15, -0.1) is 12.4 Å². The van der Waals surface area contributed by atoms with Crippen LogP contribution in [0.2, 0.25) is 0 Å². The number of ether oxygens (including phenoxy) is 1. The van der Waals surface area contributed by atoms with Crippen LogP contribution in [0.3, 0.4) is 0 Å². The van der Waals surface area contributed by atoms with Crippen LogP contribution in [0.5, 0.6) is 0 Å². The minimum Gasteiger partial charge on any atom is -0.382 e. The molecule has 0 unspecified atom stereocenters. The lowest BCUT2D eigenvalue weighted by atomic mass is 9.90. The first-order valence-corrected chi connectivity index (χ1v) is 4.35. The molecular weight excluding hydrogens is 174 g/mol. The van der Waals surface area contributed by atoms with Gasteiger partial charge in [-0.1, -0.05) is 13.8 Å². The van der Waals surface area contributed by atoms with Gasteiger partial charge in [-0.05, 0) is 25.8 Å². The molecule has 0 fully saturated rings. The largest absolute Gasteiger partial charge is 0.382 e. The number of rotatable bonds is 6. The number of nitrogens with one attached hydrogen (secondary N) is 1. The fraction of sp³-hybridized carbons (Fsp3) is 1.00. The van der Waals surface area contributed by atoms with Crippen LogP contribution in [0, 0.1) is 5.41 Å². The predicted molar refractivity (Wildman–Crippen MR) is 56.1 cm³/mol. The Morgan fingerprint density at radius 1 is 1.33 bits per heavy atom. The van der Waals surface area contributed by atoms with Gasteiger partial charge in [0.1, 0.15) is 0 Å². The lowest BCUT2D eigenvalue weighted by molar-refractivity contribution is 0.114. The third kappa shape index (κ3) is 8.31. The van der Waals surface area contributed by atoms with Gasteiger partial charge in [0.05, 0.1) is 0 Å². The van der Waals surface area contributed by atoms with E-state index in [9.17, 15) is 0 Å². The first-order valence-electron chi connectivity index (χ1n) is 4.35. The Kier molecular flexibility index (Phi) is 9.61. The van der Waals surface area contributed by atoms with Crippen molar-refractivity contribution in [1.29, 1.82) is 0 Å². The van der Waals surface area contributed by atoms with Crippen molar-refractivity contribution in [2.45, 2.75) is 27.2 Å². The highest BCUT2D eigenvalue weighted by atomic mass is 35.5. The minimum absolute atomic E-state index is 0. The van der Waals surface area contributed by atoms with E-state index in [4.69, 9.17) is 4.74 Å². The lowest BCUT2D eigenvalue weighted by Crippen LogP contribution is -2.27. The Bertz CT molecular complexity index is 96.5. The highest BCUT2D eigenvalue weighted by molar-refractivity contribution is 5.85. The normalized spacial score (nSPS) is 11.0. The molecule has 0 rings (SSSR count). The Morgan fingerprint density at radius 2 is 1.92 bits per heavy atom. The van der Waals surface area contributed by atoms with Crippen molar-refractivity contribution >= 4 is 12.4 Å². The van der Waals surface area contributed by atoms with Crippen molar-refractivity contribution in [1.82, 2.24) is 5.32 Å². The summed E-state index contributed by atoms with van der Waals surface area (Å²) in [6.45, 7) is 9.30. The van der Waals surface area contributed by atoms with E-state index in [0.717, 1.165) is 26.2 Å². The van der Waals surface area contributed by atoms with Crippen LogP contribution < -0.4 is 5.32 Å². The highest BCUT2D eigenvalue weighted by Gasteiger charge is 2.15. The maximum atomic E-state index is 5.29. The first kappa shape index (κ1) is 14.7. The maximum absolute atomic E-state index is 5.29. The van der Waals surface area contributed by atoms with Crippen LogP contribution in [0.1, 0.15) is 27.2 Å². The Labute approximate surface area is 82.5 Å². The molecule has 2 nitrogen and oxygen atoms in total. The van der Waals surface area contributed by atoms with E-state index in [0.29, 0.717) is 5.41 Å². The second kappa shape index (κ2) is 7.84. The molecule has 3 heteroatoms. The van der Waals surface area contributed by atoms with Gasteiger partial charge in [0.25, 0.3) is 0 Å². The topological polar surface area (TPSA) is 21.3 Å². The maximum Gasteiger partial charge on any atom is 0.0471 e. The number of hydrogen-bond acceptors (Lipinski definition) is 2. The smallest absolute Gasteiger partial charge is 0.0471 e. The molecule has 0 aliphatic carbocycles. The number of hydrogen-bond donors (Lipinski definition) is 1. The second-order valence-corrected chi connectivity index (χ2v) is 3.64. The molecule has 0 aromatic heterocycles. The third-order valence-electron chi connectivity index (χ3n) is 1.78. The van der Waals surface area contributed by atoms with Gasteiger partial charge < -0.3 is 10.1 Å². The highest BCUT2D eigenvalue weighted by Crippen LogP contribution is 2.18. The SMILES string of the molecule is CCOCCC(C)(C)CNC.Cl. The predicted octanol–water partition coefficient (Wildman–Crippen LogP) is 2.08. The molecule has 12 heavy (non-hydrogen) atoms. The molecule has 0 atom stereocenters. The average molecular weight is 196 g/mol. The monoisotopic (exact) mass is 195 g/mol. The molecule has 0 bridgehead atoms. The summed E-state index contributed by atoms with van der Waals surface area (Å²) >= 11 is 0. The van der Waals surface area contributed by atoms with Crippen molar-refractivity contribution < 1.29 is 4.74 Å². The van der Waals surface area contributed by atoms with Crippen LogP contribution in [-0.4, -0.2) is 26.8 Å². The first-order chi connectivity index (χ1) is 5.12. The lowest BCUT2D eigenvalue weighted by Gasteiger charge is -2.23. The van der Waals surface area contributed by atoms with E-state index in [2.05, 4.69) is 19.2 Å². The van der Waals surface area contributed by atoms with Crippen LogP contribution in [0.15, 0.2) is 0 Å². The summed E-state index contributed by atoms with van der Waals surface area (Å²) in [5, 5.41) is 3.18. The molecule has 0 radical (unpaired) electrons. The zero-order chi connectivity index (χ0) is 8.74. The van der Waals surface area contributed by atoms with E-state index >= 15 is 0 Å². The van der Waals surface area contributed by atoms with E-state index in [1.54, 1.807) is 0 Å². The van der Waals surface area contributed by atoms with Gasteiger partial charge in [0.15, 0.2) is 0 Å². The molecule has 0 aliphatic heterocycles. The number of halogens is 1. The van der Waals surface area contributed by atoms with Crippen molar-refractivity contribution in [2.75, 3.05) is 26.8 Å². The average Bonchev–Trinajstić information content (AvgIpc) is 1.87. The molecule has 0 aliphatic rings. The van der Waals surface area contributed by atoms with Gasteiger partial charge in [0, 0.05) is 19.8 Å². The van der Waals surface area contributed by atoms with E-state index in [1.165, 1.54) is 0 Å². The quantitative estimate of drug-likeness (QED) is 0.656. The molecule has 0 aromatic carbocycles. The molecule has 0 aromatic rings. The van der Waals surface area contributed by atoms with Crippen molar-refractivity contribution in [3.63, 3.8) is 0 Å². The summed E-state index contributed by atoms with van der Waals surface area (Å²) in [5.41, 5.74) is 0.365. The van der Waals surface area contributed by atoms with Crippen molar-refractivity contribution in [2.24, 2.45) is 5.41 Å². The van der Waals surface area contributed by atoms with Gasteiger partial charge >= 0.3 is 0 Å². The molecule has 1 N–H and O–H groups in total. The van der Waals surface area contributed by atoms with Gasteiger partial charge in [-0.3, -0.25) is 0 Å². The molecule has 0 spiro atoms. The molecule has 0 amide bonds. The third-order valence-corrected chi connectivity index (χ3v) is 1.78. The fourth-order valence-electron chi connectivity index (χ4n) is 1.06. The summed E-state index contributed by atoms with van der Waals surface area (Å²) in [4.78, 5) is 0. The van der Waals surface area contributed by atoms with Crippen LogP contribution >= 0.6 is 12.4 Å². The molecule has 0 saturated carbocycles. The fourth-order valence-corrected chi connectivity index (χ4v) is 1.06. The Hall–Kier alpha value is 0.210. The molecule has 0 saturated heterocycles. The Balaban J connectivity index is 0. The summed E-state index contributed by atoms with van der Waals surface area (Å²) in [6, 6.07) is 0. The second-order valence-electron chi connectivity index (χ2n) is 3.64. The molecule has 76 valence electrons. The molecular formula is C9H22ClNO. The summed E-state index contributed by atoms with van der Waals surface area (Å²) in [6.07, 6.45) is 1.13. The summed E-state index contributed by atoms with van der Waals surface area (Å²) in [5.74, 6) is 0. The standard InChI is InChI=1S/C9H21NO.ClH/c1-5-11-7-6-9(2,3)8-10-4;/h10H,5-8H2,1-4H3;1H. The van der Waals surface area contributed by atoms with E-state index < -0.39 is 0 Å². The van der Waals surface area contributed by atoms with E-state index in [-0.39, 0.29) is 12.4 Å².